The zero-order valence-electron chi connectivity index (χ0n) is 16.6. The summed E-state index contributed by atoms with van der Waals surface area (Å²) in [7, 11) is 0. The number of fused-ring (bicyclic) bond motifs is 2. The van der Waals surface area contributed by atoms with Crippen LogP contribution in [0.4, 0.5) is 16.0 Å². The Kier molecular flexibility index (Phi) is 4.10. The summed E-state index contributed by atoms with van der Waals surface area (Å²) in [6.07, 6.45) is 5.60. The number of aryl methyl sites for hydroxylation is 2. The predicted octanol–water partition coefficient (Wildman–Crippen LogP) is 3.91. The maximum absolute atomic E-state index is 14.0. The summed E-state index contributed by atoms with van der Waals surface area (Å²) >= 11 is 6.24. The Balaban J connectivity index is 1.54. The minimum absolute atomic E-state index is 0.281. The first kappa shape index (κ1) is 18.5. The fourth-order valence-corrected chi connectivity index (χ4v) is 4.12. The summed E-state index contributed by atoms with van der Waals surface area (Å²) in [6.45, 7) is 2.86. The van der Waals surface area contributed by atoms with E-state index in [2.05, 4.69) is 25.4 Å². The summed E-state index contributed by atoms with van der Waals surface area (Å²) in [6, 6.07) is 1.45. The number of aromatic nitrogens is 7. The van der Waals surface area contributed by atoms with Gasteiger partial charge in [0, 0.05) is 31.1 Å². The molecule has 2 bridgehead atoms. The summed E-state index contributed by atoms with van der Waals surface area (Å²) in [5, 5.41) is 13.4. The van der Waals surface area contributed by atoms with E-state index in [0.717, 1.165) is 18.5 Å². The van der Waals surface area contributed by atoms with E-state index in [9.17, 15) is 4.39 Å². The summed E-state index contributed by atoms with van der Waals surface area (Å²) in [5.41, 5.74) is 3.55. The van der Waals surface area contributed by atoms with Gasteiger partial charge < -0.3 is 10.1 Å². The molecule has 158 valence electrons. The van der Waals surface area contributed by atoms with E-state index in [4.69, 9.17) is 21.4 Å². The van der Waals surface area contributed by atoms with E-state index >= 15 is 0 Å². The van der Waals surface area contributed by atoms with Gasteiger partial charge in [0.15, 0.2) is 10.8 Å². The monoisotopic (exact) mass is 440 g/mol. The molecule has 1 saturated carbocycles. The van der Waals surface area contributed by atoms with Crippen molar-refractivity contribution in [2.45, 2.75) is 38.6 Å². The molecule has 31 heavy (non-hydrogen) atoms. The zero-order valence-corrected chi connectivity index (χ0v) is 17.4. The van der Waals surface area contributed by atoms with Crippen molar-refractivity contribution in [1.29, 1.82) is 0 Å². The molecule has 0 aromatic carbocycles. The third kappa shape index (κ3) is 3.09. The molecule has 0 unspecified atom stereocenters. The lowest BCUT2D eigenvalue weighted by molar-refractivity contribution is 0.288. The van der Waals surface area contributed by atoms with Crippen molar-refractivity contribution in [3.05, 3.63) is 40.8 Å². The van der Waals surface area contributed by atoms with Crippen LogP contribution in [0.15, 0.2) is 18.5 Å². The van der Waals surface area contributed by atoms with E-state index in [1.54, 1.807) is 15.6 Å². The average molecular weight is 441 g/mol. The Bertz CT molecular complexity index is 1330. The Hall–Kier alpha value is -3.27. The quantitative estimate of drug-likeness (QED) is 0.504. The second-order valence-corrected chi connectivity index (χ2v) is 8.14. The summed E-state index contributed by atoms with van der Waals surface area (Å²) < 4.78 is 23.6. The highest BCUT2D eigenvalue weighted by Gasteiger charge is 2.35. The lowest BCUT2D eigenvalue weighted by Gasteiger charge is -2.11. The number of hydrogen-bond acceptors (Lipinski definition) is 7. The van der Waals surface area contributed by atoms with Gasteiger partial charge in [0.1, 0.15) is 11.5 Å². The highest BCUT2D eigenvalue weighted by molar-refractivity contribution is 6.34. The molecule has 0 amide bonds. The van der Waals surface area contributed by atoms with Gasteiger partial charge in [0.25, 0.3) is 5.88 Å². The molecule has 11 heteroatoms. The topological polar surface area (TPSA) is 95.6 Å². The third-order valence-corrected chi connectivity index (χ3v) is 5.82. The maximum Gasteiger partial charge on any atom is 0.257 e. The highest BCUT2D eigenvalue weighted by atomic mass is 35.5. The second kappa shape index (κ2) is 6.88. The van der Waals surface area contributed by atoms with Crippen LogP contribution in [-0.4, -0.2) is 41.1 Å². The SMILES string of the molecule is Cc1ncc(F)cc1-n1nc2c(c1C1CC1)Nc1ncc3c(Cl)nn(c3n1)CCCO2. The number of rotatable bonds is 2. The lowest BCUT2D eigenvalue weighted by atomic mass is 10.2. The Morgan fingerprint density at radius 2 is 2.10 bits per heavy atom. The Morgan fingerprint density at radius 1 is 1.23 bits per heavy atom. The van der Waals surface area contributed by atoms with Gasteiger partial charge >= 0.3 is 0 Å². The van der Waals surface area contributed by atoms with Gasteiger partial charge in [-0.1, -0.05) is 11.6 Å². The van der Waals surface area contributed by atoms with Crippen LogP contribution < -0.4 is 10.1 Å². The van der Waals surface area contributed by atoms with Crippen molar-refractivity contribution in [3.63, 3.8) is 0 Å². The number of pyridine rings is 1. The van der Waals surface area contributed by atoms with Crippen LogP contribution in [0.1, 0.15) is 36.6 Å². The highest BCUT2D eigenvalue weighted by Crippen LogP contribution is 2.48. The van der Waals surface area contributed by atoms with Crippen LogP contribution in [-0.2, 0) is 6.54 Å². The number of nitrogens with one attached hydrogen (secondary N) is 1. The van der Waals surface area contributed by atoms with Crippen molar-refractivity contribution >= 4 is 34.3 Å². The molecule has 9 nitrogen and oxygen atoms in total. The number of nitrogens with zero attached hydrogens (tertiary/aromatic N) is 7. The number of anilines is 2. The molecule has 6 rings (SSSR count). The molecule has 1 fully saturated rings. The standard InChI is InChI=1S/C20H18ClFN8O/c1-10-14(7-12(22)8-23-10)30-16(11-3-4-11)15-19(28-30)31-6-2-5-29-18-13(17(21)27-29)9-24-20(25-15)26-18/h7-9,11H,2-6H2,1H3,(H,24,25,26). The van der Waals surface area contributed by atoms with Gasteiger partial charge in [-0.15, -0.1) is 5.10 Å². The first-order valence-electron chi connectivity index (χ1n) is 10.1. The fraction of sp³-hybridized carbons (Fsp3) is 0.350. The van der Waals surface area contributed by atoms with Crippen LogP contribution >= 0.6 is 11.6 Å². The molecule has 1 aliphatic carbocycles. The average Bonchev–Trinajstić information content (AvgIpc) is 3.47. The van der Waals surface area contributed by atoms with Crippen molar-refractivity contribution in [1.82, 2.24) is 34.5 Å². The Labute approximate surface area is 181 Å². The molecule has 1 N–H and O–H groups in total. The normalized spacial score (nSPS) is 16.0. The van der Waals surface area contributed by atoms with Crippen LogP contribution in [0.2, 0.25) is 5.15 Å². The van der Waals surface area contributed by atoms with Crippen molar-refractivity contribution < 1.29 is 9.13 Å². The summed E-state index contributed by atoms with van der Waals surface area (Å²) in [4.78, 5) is 13.2. The Morgan fingerprint density at radius 3 is 2.94 bits per heavy atom. The third-order valence-electron chi connectivity index (χ3n) is 5.54. The first-order valence-corrected chi connectivity index (χ1v) is 10.5. The van der Waals surface area contributed by atoms with Gasteiger partial charge in [-0.25, -0.2) is 18.7 Å². The van der Waals surface area contributed by atoms with Crippen LogP contribution in [0, 0.1) is 12.7 Å². The van der Waals surface area contributed by atoms with Gasteiger partial charge in [-0.3, -0.25) is 4.98 Å². The van der Waals surface area contributed by atoms with Gasteiger partial charge in [-0.05, 0) is 19.8 Å². The van der Waals surface area contributed by atoms with Crippen molar-refractivity contribution in [2.75, 3.05) is 11.9 Å². The summed E-state index contributed by atoms with van der Waals surface area (Å²) in [5.74, 6) is 0.700. The number of halogens is 2. The van der Waals surface area contributed by atoms with Gasteiger partial charge in [0.2, 0.25) is 5.95 Å². The molecule has 5 heterocycles. The second-order valence-electron chi connectivity index (χ2n) is 7.78. The molecule has 4 aromatic heterocycles. The van der Waals surface area contributed by atoms with E-state index in [-0.39, 0.29) is 5.92 Å². The molecule has 0 radical (unpaired) electrons. The number of hydrogen-bond donors (Lipinski definition) is 1. The molecule has 4 aromatic rings. The fourth-order valence-electron chi connectivity index (χ4n) is 3.89. The van der Waals surface area contributed by atoms with Crippen molar-refractivity contribution in [3.8, 4) is 11.6 Å². The van der Waals surface area contributed by atoms with Gasteiger partial charge in [0.05, 0.1) is 35.3 Å². The van der Waals surface area contributed by atoms with Crippen LogP contribution in [0.25, 0.3) is 16.7 Å². The minimum Gasteiger partial charge on any atom is -0.475 e. The van der Waals surface area contributed by atoms with E-state index in [0.29, 0.717) is 64.7 Å². The predicted molar refractivity (Wildman–Crippen MR) is 112 cm³/mol. The first-order chi connectivity index (χ1) is 15.1. The van der Waals surface area contributed by atoms with Gasteiger partial charge in [-0.2, -0.15) is 10.1 Å². The molecule has 0 atom stereocenters. The molecule has 1 aliphatic heterocycles. The number of ether oxygens (including phenoxy) is 1. The minimum atomic E-state index is -0.414. The largest absolute Gasteiger partial charge is 0.475 e. The molecule has 0 saturated heterocycles. The maximum atomic E-state index is 14.0. The smallest absolute Gasteiger partial charge is 0.257 e. The van der Waals surface area contributed by atoms with Crippen LogP contribution in [0.5, 0.6) is 5.88 Å². The molecular weight excluding hydrogens is 423 g/mol. The van der Waals surface area contributed by atoms with Crippen molar-refractivity contribution in [2.24, 2.45) is 0 Å². The molecule has 2 aliphatic rings. The molecule has 0 spiro atoms. The zero-order chi connectivity index (χ0) is 21.1. The van der Waals surface area contributed by atoms with E-state index in [1.807, 2.05) is 6.92 Å². The lowest BCUT2D eigenvalue weighted by Crippen LogP contribution is -2.08. The van der Waals surface area contributed by atoms with E-state index < -0.39 is 5.82 Å². The van der Waals surface area contributed by atoms with Crippen LogP contribution in [0.3, 0.4) is 0 Å². The van der Waals surface area contributed by atoms with E-state index in [1.165, 1.54) is 12.3 Å². The molecular formula is C20H18ClFN8O.